The third-order valence-electron chi connectivity index (χ3n) is 8.26. The first-order valence-electron chi connectivity index (χ1n) is 12.8. The minimum absolute atomic E-state index is 0.210. The Morgan fingerprint density at radius 2 is 1.69 bits per heavy atom. The lowest BCUT2D eigenvalue weighted by atomic mass is 9.74. The molecule has 0 aromatic heterocycles. The average molecular weight is 455 g/mol. The van der Waals surface area contributed by atoms with Crippen molar-refractivity contribution in [2.24, 2.45) is 5.92 Å². The summed E-state index contributed by atoms with van der Waals surface area (Å²) in [6, 6.07) is 27.4. The summed E-state index contributed by atoms with van der Waals surface area (Å²) in [5.41, 5.74) is 10.8. The lowest BCUT2D eigenvalue weighted by Crippen LogP contribution is -2.54. The molecule has 0 saturated carbocycles. The molecule has 7 rings (SSSR count). The van der Waals surface area contributed by atoms with E-state index in [2.05, 4.69) is 133 Å². The number of allylic oxidation sites excluding steroid dienone is 4. The highest BCUT2D eigenvalue weighted by molar-refractivity contribution is 5.83. The summed E-state index contributed by atoms with van der Waals surface area (Å²) in [5.74, 6) is 0.514. The van der Waals surface area contributed by atoms with Gasteiger partial charge in [0.15, 0.2) is 0 Å². The van der Waals surface area contributed by atoms with Gasteiger partial charge in [-0.05, 0) is 57.5 Å². The van der Waals surface area contributed by atoms with Crippen LogP contribution in [0.4, 0.5) is 0 Å². The normalized spacial score (nSPS) is 23.6. The van der Waals surface area contributed by atoms with Crippen LogP contribution >= 0.6 is 0 Å². The van der Waals surface area contributed by atoms with E-state index < -0.39 is 0 Å². The standard InChI is InChI=1S/C33H30N2/c1-23(2)25-17-19-35-32(21-25)28-20-26(24-10-4-3-5-11-24)15-16-30(28)33(35)22-34-18-9-8-14-31(34)27-12-6-7-13-29(27)33/h3-18,20-21,23,31H,19,22H2,1-2H3/t31?,33-/m0/s1. The molecule has 1 spiro atoms. The smallest absolute Gasteiger partial charge is 0.109 e. The van der Waals surface area contributed by atoms with E-state index in [1.165, 1.54) is 44.7 Å². The molecule has 35 heavy (non-hydrogen) atoms. The van der Waals surface area contributed by atoms with Gasteiger partial charge < -0.3 is 9.80 Å². The van der Waals surface area contributed by atoms with Gasteiger partial charge in [0.2, 0.25) is 0 Å². The SMILES string of the molecule is CC(C)C1=CCN2C(=C1)c1cc(-c3ccccc3)ccc1[C@@]21CN2C=CC=CC2c2ccccc21. The van der Waals surface area contributed by atoms with Crippen molar-refractivity contribution in [1.82, 2.24) is 9.80 Å². The molecule has 0 N–H and O–H groups in total. The van der Waals surface area contributed by atoms with Crippen molar-refractivity contribution in [3.8, 4) is 11.1 Å². The van der Waals surface area contributed by atoms with E-state index in [1.54, 1.807) is 0 Å². The second-order valence-corrected chi connectivity index (χ2v) is 10.4. The third-order valence-corrected chi connectivity index (χ3v) is 8.26. The van der Waals surface area contributed by atoms with Crippen LogP contribution in [0.25, 0.3) is 16.8 Å². The Kier molecular flexibility index (Phi) is 4.48. The van der Waals surface area contributed by atoms with E-state index >= 15 is 0 Å². The molecule has 3 aromatic carbocycles. The first kappa shape index (κ1) is 20.6. The van der Waals surface area contributed by atoms with E-state index in [0.717, 1.165) is 13.1 Å². The van der Waals surface area contributed by atoms with Gasteiger partial charge in [-0.25, -0.2) is 0 Å². The Hall–Kier alpha value is -3.78. The van der Waals surface area contributed by atoms with Gasteiger partial charge in [-0.2, -0.15) is 0 Å². The van der Waals surface area contributed by atoms with Crippen molar-refractivity contribution in [3.63, 3.8) is 0 Å². The van der Waals surface area contributed by atoms with E-state index in [9.17, 15) is 0 Å². The first-order valence-corrected chi connectivity index (χ1v) is 12.8. The number of benzene rings is 3. The minimum atomic E-state index is -0.210. The highest BCUT2D eigenvalue weighted by Crippen LogP contribution is 2.56. The van der Waals surface area contributed by atoms with Gasteiger partial charge in [0.25, 0.3) is 0 Å². The fraction of sp³-hybridized carbons (Fsp3) is 0.212. The lowest BCUT2D eigenvalue weighted by Gasteiger charge is -2.51. The van der Waals surface area contributed by atoms with E-state index in [4.69, 9.17) is 0 Å². The second-order valence-electron chi connectivity index (χ2n) is 10.4. The van der Waals surface area contributed by atoms with Crippen LogP contribution in [0.2, 0.25) is 0 Å². The minimum Gasteiger partial charge on any atom is -0.364 e. The van der Waals surface area contributed by atoms with Crippen LogP contribution in [0.5, 0.6) is 0 Å². The van der Waals surface area contributed by atoms with Gasteiger partial charge in [0, 0.05) is 24.0 Å². The van der Waals surface area contributed by atoms with Gasteiger partial charge in [0.05, 0.1) is 12.6 Å². The van der Waals surface area contributed by atoms with Gasteiger partial charge >= 0.3 is 0 Å². The summed E-state index contributed by atoms with van der Waals surface area (Å²) < 4.78 is 0. The third kappa shape index (κ3) is 2.89. The zero-order valence-electron chi connectivity index (χ0n) is 20.4. The summed E-state index contributed by atoms with van der Waals surface area (Å²) in [6.07, 6.45) is 13.9. The van der Waals surface area contributed by atoms with Crippen LogP contribution in [-0.4, -0.2) is 22.9 Å². The Morgan fingerprint density at radius 3 is 2.54 bits per heavy atom. The van der Waals surface area contributed by atoms with Gasteiger partial charge in [-0.15, -0.1) is 0 Å². The largest absolute Gasteiger partial charge is 0.364 e. The number of nitrogens with zero attached hydrogens (tertiary/aromatic N) is 2. The Labute approximate surface area is 208 Å². The summed E-state index contributed by atoms with van der Waals surface area (Å²) in [6.45, 7) is 6.47. The summed E-state index contributed by atoms with van der Waals surface area (Å²) in [7, 11) is 0. The molecule has 0 bridgehead atoms. The molecule has 0 radical (unpaired) electrons. The maximum Gasteiger partial charge on any atom is 0.109 e. The number of fused-ring (bicyclic) bond motifs is 9. The molecule has 4 aliphatic heterocycles. The Morgan fingerprint density at radius 1 is 0.857 bits per heavy atom. The average Bonchev–Trinajstić information content (AvgIpc) is 3.18. The Balaban J connectivity index is 1.50. The summed E-state index contributed by atoms with van der Waals surface area (Å²) in [4.78, 5) is 5.21. The monoisotopic (exact) mass is 454 g/mol. The Bertz CT molecular complexity index is 1440. The fourth-order valence-electron chi connectivity index (χ4n) is 6.56. The molecule has 0 amide bonds. The lowest BCUT2D eigenvalue weighted by molar-refractivity contribution is 0.136. The van der Waals surface area contributed by atoms with Crippen LogP contribution in [0.1, 0.15) is 42.1 Å². The maximum absolute atomic E-state index is 2.68. The predicted molar refractivity (Wildman–Crippen MR) is 144 cm³/mol. The van der Waals surface area contributed by atoms with Crippen LogP contribution in [0.3, 0.4) is 0 Å². The molecule has 2 heteroatoms. The first-order chi connectivity index (χ1) is 17.2. The van der Waals surface area contributed by atoms with E-state index in [-0.39, 0.29) is 5.54 Å². The number of rotatable bonds is 2. The van der Waals surface area contributed by atoms with Crippen molar-refractivity contribution in [1.29, 1.82) is 0 Å². The molecule has 4 heterocycles. The molecule has 172 valence electrons. The van der Waals surface area contributed by atoms with Gasteiger partial charge in [0.1, 0.15) is 5.54 Å². The summed E-state index contributed by atoms with van der Waals surface area (Å²) in [5, 5.41) is 0. The van der Waals surface area contributed by atoms with E-state index in [1.807, 2.05) is 0 Å². The van der Waals surface area contributed by atoms with Crippen LogP contribution in [-0.2, 0) is 5.54 Å². The van der Waals surface area contributed by atoms with Gasteiger partial charge in [-0.3, -0.25) is 0 Å². The highest BCUT2D eigenvalue weighted by Gasteiger charge is 2.54. The predicted octanol–water partition coefficient (Wildman–Crippen LogP) is 7.29. The van der Waals surface area contributed by atoms with Crippen molar-refractivity contribution in [3.05, 3.63) is 137 Å². The van der Waals surface area contributed by atoms with Crippen LogP contribution < -0.4 is 0 Å². The molecule has 1 unspecified atom stereocenters. The highest BCUT2D eigenvalue weighted by atomic mass is 15.3. The van der Waals surface area contributed by atoms with Crippen LogP contribution in [0.15, 0.2) is 115 Å². The van der Waals surface area contributed by atoms with Crippen LogP contribution in [0, 0.1) is 5.92 Å². The molecule has 0 aliphatic carbocycles. The molecule has 2 atom stereocenters. The molecular formula is C33H30N2. The number of hydrogen-bond donors (Lipinski definition) is 0. The molecule has 3 aromatic rings. The molecule has 2 nitrogen and oxygen atoms in total. The fourth-order valence-corrected chi connectivity index (χ4v) is 6.56. The molecule has 4 aliphatic rings. The topological polar surface area (TPSA) is 6.48 Å². The summed E-state index contributed by atoms with van der Waals surface area (Å²) >= 11 is 0. The molecule has 0 fully saturated rings. The molecule has 0 saturated heterocycles. The van der Waals surface area contributed by atoms with Gasteiger partial charge in [-0.1, -0.05) is 98.8 Å². The maximum atomic E-state index is 2.68. The van der Waals surface area contributed by atoms with Crippen molar-refractivity contribution >= 4 is 5.70 Å². The van der Waals surface area contributed by atoms with Crippen molar-refractivity contribution < 1.29 is 0 Å². The van der Waals surface area contributed by atoms with Crippen molar-refractivity contribution in [2.75, 3.05) is 13.1 Å². The zero-order chi connectivity index (χ0) is 23.6. The zero-order valence-corrected chi connectivity index (χ0v) is 20.4. The van der Waals surface area contributed by atoms with Crippen molar-refractivity contribution in [2.45, 2.75) is 25.4 Å². The van der Waals surface area contributed by atoms with E-state index in [0.29, 0.717) is 12.0 Å². The second kappa shape index (κ2) is 7.61. The quantitative estimate of drug-likeness (QED) is 0.401. The molecular weight excluding hydrogens is 424 g/mol. The number of hydrogen-bond acceptors (Lipinski definition) is 2.